The second-order valence-electron chi connectivity index (χ2n) is 4.84. The fraction of sp³-hybridized carbons (Fsp3) is 0.929. The molecule has 102 valence electrons. The molecule has 0 aliphatic carbocycles. The first-order chi connectivity index (χ1) is 8.18. The molecule has 0 saturated heterocycles. The average Bonchev–Trinajstić information content (AvgIpc) is 2.31. The van der Waals surface area contributed by atoms with Gasteiger partial charge in [-0.1, -0.05) is 68.3 Å². The van der Waals surface area contributed by atoms with Gasteiger partial charge in [-0.05, 0) is 12.8 Å². The van der Waals surface area contributed by atoms with Crippen LogP contribution < -0.4 is 0 Å². The Balaban J connectivity index is 3.06. The van der Waals surface area contributed by atoms with Gasteiger partial charge in [0.25, 0.3) is 0 Å². The molecule has 0 saturated carbocycles. The molecule has 17 heavy (non-hydrogen) atoms. The van der Waals surface area contributed by atoms with Gasteiger partial charge in [0, 0.05) is 5.33 Å². The molecule has 0 spiro atoms. The van der Waals surface area contributed by atoms with Gasteiger partial charge in [-0.3, -0.25) is 4.79 Å². The fourth-order valence-electron chi connectivity index (χ4n) is 1.60. The van der Waals surface area contributed by atoms with Gasteiger partial charge in [-0.25, -0.2) is 0 Å². The monoisotopic (exact) mass is 306 g/mol. The van der Waals surface area contributed by atoms with Gasteiger partial charge in [-0.2, -0.15) is 0 Å². The van der Waals surface area contributed by atoms with E-state index in [1.165, 1.54) is 44.9 Å². The van der Waals surface area contributed by atoms with E-state index >= 15 is 0 Å². The molecule has 0 aliphatic heterocycles. The van der Waals surface area contributed by atoms with E-state index < -0.39 is 0 Å². The summed E-state index contributed by atoms with van der Waals surface area (Å²) in [7, 11) is 0. The Kier molecular flexibility index (Phi) is 12.4. The predicted molar refractivity (Wildman–Crippen MR) is 76.5 cm³/mol. The molecule has 0 heterocycles. The van der Waals surface area contributed by atoms with Crippen molar-refractivity contribution in [2.75, 3.05) is 11.9 Å². The Labute approximate surface area is 115 Å². The number of carbonyl (C=O) groups is 1. The molecule has 0 unspecified atom stereocenters. The standard InChI is InChI=1S/C14H27BrO2/c1-13(2)14(16)17-12-10-8-6-4-3-5-7-9-11-15/h13H,3-12H2,1-2H3. The highest BCUT2D eigenvalue weighted by Crippen LogP contribution is 2.09. The maximum absolute atomic E-state index is 11.2. The zero-order valence-electron chi connectivity index (χ0n) is 11.3. The summed E-state index contributed by atoms with van der Waals surface area (Å²) in [5.74, 6) is -0.0656. The maximum atomic E-state index is 11.2. The van der Waals surface area contributed by atoms with Crippen LogP contribution in [0.15, 0.2) is 0 Å². The lowest BCUT2D eigenvalue weighted by molar-refractivity contribution is -0.147. The van der Waals surface area contributed by atoms with Crippen LogP contribution in [0.2, 0.25) is 0 Å². The minimum Gasteiger partial charge on any atom is -0.465 e. The Morgan fingerprint density at radius 1 is 0.941 bits per heavy atom. The number of hydrogen-bond acceptors (Lipinski definition) is 2. The molecule has 0 aromatic carbocycles. The Hall–Kier alpha value is -0.0500. The zero-order chi connectivity index (χ0) is 12.9. The molecular weight excluding hydrogens is 280 g/mol. The third kappa shape index (κ3) is 12.2. The van der Waals surface area contributed by atoms with Crippen LogP contribution in [-0.4, -0.2) is 17.9 Å². The maximum Gasteiger partial charge on any atom is 0.308 e. The van der Waals surface area contributed by atoms with Gasteiger partial charge in [0.05, 0.1) is 12.5 Å². The van der Waals surface area contributed by atoms with Gasteiger partial charge in [0.2, 0.25) is 0 Å². The molecule has 0 fully saturated rings. The molecule has 0 aliphatic rings. The zero-order valence-corrected chi connectivity index (χ0v) is 12.9. The van der Waals surface area contributed by atoms with Gasteiger partial charge in [0.1, 0.15) is 0 Å². The second kappa shape index (κ2) is 12.4. The summed E-state index contributed by atoms with van der Waals surface area (Å²) in [6.45, 7) is 4.34. The highest BCUT2D eigenvalue weighted by Gasteiger charge is 2.06. The van der Waals surface area contributed by atoms with Crippen LogP contribution in [0, 0.1) is 5.92 Å². The minimum absolute atomic E-state index is 0.00410. The molecule has 0 rings (SSSR count). The van der Waals surface area contributed by atoms with Crippen molar-refractivity contribution in [3.05, 3.63) is 0 Å². The first-order valence-corrected chi connectivity index (χ1v) is 8.03. The number of carbonyl (C=O) groups excluding carboxylic acids is 1. The summed E-state index contributed by atoms with van der Waals surface area (Å²) in [6.07, 6.45) is 10.1. The van der Waals surface area contributed by atoms with E-state index in [9.17, 15) is 4.79 Å². The van der Waals surface area contributed by atoms with Crippen molar-refractivity contribution < 1.29 is 9.53 Å². The van der Waals surface area contributed by atoms with Crippen LogP contribution in [0.25, 0.3) is 0 Å². The van der Waals surface area contributed by atoms with Crippen LogP contribution >= 0.6 is 15.9 Å². The van der Waals surface area contributed by atoms with Crippen LogP contribution in [0.5, 0.6) is 0 Å². The summed E-state index contributed by atoms with van der Waals surface area (Å²) < 4.78 is 5.12. The van der Waals surface area contributed by atoms with Crippen molar-refractivity contribution in [2.45, 2.75) is 65.2 Å². The largest absolute Gasteiger partial charge is 0.465 e. The van der Waals surface area contributed by atoms with Gasteiger partial charge in [-0.15, -0.1) is 0 Å². The van der Waals surface area contributed by atoms with Crippen molar-refractivity contribution in [3.63, 3.8) is 0 Å². The molecule has 2 nitrogen and oxygen atoms in total. The van der Waals surface area contributed by atoms with Crippen molar-refractivity contribution in [3.8, 4) is 0 Å². The number of halogens is 1. The SMILES string of the molecule is CC(C)C(=O)OCCCCCCCCCCBr. The molecule has 0 bridgehead atoms. The highest BCUT2D eigenvalue weighted by molar-refractivity contribution is 9.09. The lowest BCUT2D eigenvalue weighted by Crippen LogP contribution is -2.12. The summed E-state index contributed by atoms with van der Waals surface area (Å²) in [6, 6.07) is 0. The van der Waals surface area contributed by atoms with E-state index in [4.69, 9.17) is 4.74 Å². The fourth-order valence-corrected chi connectivity index (χ4v) is 1.99. The molecule has 0 aromatic heterocycles. The van der Waals surface area contributed by atoms with Crippen molar-refractivity contribution >= 4 is 21.9 Å². The summed E-state index contributed by atoms with van der Waals surface area (Å²) in [4.78, 5) is 11.2. The molecule has 0 atom stereocenters. The quantitative estimate of drug-likeness (QED) is 0.314. The number of ether oxygens (including phenoxy) is 1. The number of unbranched alkanes of at least 4 members (excludes halogenated alkanes) is 7. The van der Waals surface area contributed by atoms with Crippen LogP contribution in [0.4, 0.5) is 0 Å². The van der Waals surface area contributed by atoms with Crippen LogP contribution in [0.1, 0.15) is 65.2 Å². The summed E-state index contributed by atoms with van der Waals surface area (Å²) in [5.41, 5.74) is 0. The average molecular weight is 307 g/mol. The molecule has 0 aromatic rings. The highest BCUT2D eigenvalue weighted by atomic mass is 79.9. The lowest BCUT2D eigenvalue weighted by atomic mass is 10.1. The topological polar surface area (TPSA) is 26.3 Å². The van der Waals surface area contributed by atoms with Gasteiger partial charge >= 0.3 is 5.97 Å². The van der Waals surface area contributed by atoms with Crippen molar-refractivity contribution in [1.29, 1.82) is 0 Å². The predicted octanol–water partition coefficient (Wildman–Crippen LogP) is 4.70. The van der Waals surface area contributed by atoms with E-state index in [1.54, 1.807) is 0 Å². The summed E-state index contributed by atoms with van der Waals surface area (Å²) in [5, 5.41) is 1.13. The third-order valence-electron chi connectivity index (χ3n) is 2.74. The number of hydrogen-bond donors (Lipinski definition) is 0. The van der Waals surface area contributed by atoms with E-state index in [2.05, 4.69) is 15.9 Å². The lowest BCUT2D eigenvalue weighted by Gasteiger charge is -2.06. The van der Waals surface area contributed by atoms with E-state index in [0.29, 0.717) is 6.61 Å². The van der Waals surface area contributed by atoms with Crippen molar-refractivity contribution in [1.82, 2.24) is 0 Å². The first kappa shape index (κ1) is 16.9. The Morgan fingerprint density at radius 3 is 1.88 bits per heavy atom. The van der Waals surface area contributed by atoms with E-state index in [1.807, 2.05) is 13.8 Å². The van der Waals surface area contributed by atoms with Crippen LogP contribution in [-0.2, 0) is 9.53 Å². The van der Waals surface area contributed by atoms with E-state index in [-0.39, 0.29) is 11.9 Å². The first-order valence-electron chi connectivity index (χ1n) is 6.91. The molecular formula is C14H27BrO2. The smallest absolute Gasteiger partial charge is 0.308 e. The van der Waals surface area contributed by atoms with Crippen molar-refractivity contribution in [2.24, 2.45) is 5.92 Å². The minimum atomic E-state index is -0.0697. The number of esters is 1. The number of rotatable bonds is 11. The van der Waals surface area contributed by atoms with Gasteiger partial charge < -0.3 is 4.74 Å². The third-order valence-corrected chi connectivity index (χ3v) is 3.30. The van der Waals surface area contributed by atoms with Crippen LogP contribution in [0.3, 0.4) is 0 Å². The molecule has 3 heteroatoms. The normalized spacial score (nSPS) is 10.8. The number of alkyl halides is 1. The van der Waals surface area contributed by atoms with E-state index in [0.717, 1.165) is 11.8 Å². The second-order valence-corrected chi connectivity index (χ2v) is 5.63. The molecule has 0 amide bonds. The summed E-state index contributed by atoms with van der Waals surface area (Å²) >= 11 is 3.44. The Bertz CT molecular complexity index is 181. The van der Waals surface area contributed by atoms with Gasteiger partial charge in [0.15, 0.2) is 0 Å². The molecule has 0 N–H and O–H groups in total. The Morgan fingerprint density at radius 2 is 1.41 bits per heavy atom. The molecule has 0 radical (unpaired) electrons.